The lowest BCUT2D eigenvalue weighted by molar-refractivity contribution is -0.118. The molecular weight excluding hydrogens is 258 g/mol. The van der Waals surface area contributed by atoms with E-state index in [1.807, 2.05) is 37.3 Å². The maximum atomic E-state index is 11.9. The van der Waals surface area contributed by atoms with Gasteiger partial charge in [0.1, 0.15) is 5.78 Å². The molecule has 0 radical (unpaired) electrons. The number of carbonyl (C=O) groups excluding carboxylic acids is 1. The van der Waals surface area contributed by atoms with Gasteiger partial charge in [-0.1, -0.05) is 23.7 Å². The Kier molecular flexibility index (Phi) is 4.69. The average molecular weight is 274 g/mol. The Morgan fingerprint density at radius 2 is 1.95 bits per heavy atom. The van der Waals surface area contributed by atoms with Gasteiger partial charge in [0.15, 0.2) is 0 Å². The molecule has 19 heavy (non-hydrogen) atoms. The standard InChI is InChI=1S/C16H16ClNO/c1-12-2-4-14(16(17)10-12)11-15(19)5-3-13-6-8-18-9-7-13/h2,4,6-10H,3,5,11H2,1H3. The molecule has 1 heterocycles. The minimum absolute atomic E-state index is 0.211. The molecule has 1 aromatic heterocycles. The monoisotopic (exact) mass is 273 g/mol. The van der Waals surface area contributed by atoms with E-state index in [4.69, 9.17) is 11.6 Å². The van der Waals surface area contributed by atoms with Crippen LogP contribution in [0.4, 0.5) is 0 Å². The van der Waals surface area contributed by atoms with Crippen molar-refractivity contribution in [3.8, 4) is 0 Å². The largest absolute Gasteiger partial charge is 0.299 e. The van der Waals surface area contributed by atoms with Crippen LogP contribution in [0.3, 0.4) is 0 Å². The van der Waals surface area contributed by atoms with Crippen LogP contribution in [0.5, 0.6) is 0 Å². The summed E-state index contributed by atoms with van der Waals surface area (Å²) in [7, 11) is 0. The maximum absolute atomic E-state index is 11.9. The van der Waals surface area contributed by atoms with E-state index in [1.54, 1.807) is 12.4 Å². The van der Waals surface area contributed by atoms with Gasteiger partial charge in [-0.25, -0.2) is 0 Å². The molecule has 2 nitrogen and oxygen atoms in total. The van der Waals surface area contributed by atoms with Crippen molar-refractivity contribution in [2.75, 3.05) is 0 Å². The molecule has 0 atom stereocenters. The number of aryl methyl sites for hydroxylation is 2. The van der Waals surface area contributed by atoms with E-state index in [1.165, 1.54) is 0 Å². The molecule has 3 heteroatoms. The van der Waals surface area contributed by atoms with Crippen LogP contribution in [-0.4, -0.2) is 10.8 Å². The highest BCUT2D eigenvalue weighted by atomic mass is 35.5. The number of rotatable bonds is 5. The second-order valence-corrected chi connectivity index (χ2v) is 5.07. The van der Waals surface area contributed by atoms with Crippen molar-refractivity contribution in [3.05, 3.63) is 64.4 Å². The minimum atomic E-state index is 0.211. The van der Waals surface area contributed by atoms with Crippen LogP contribution in [0, 0.1) is 6.92 Å². The summed E-state index contributed by atoms with van der Waals surface area (Å²) < 4.78 is 0. The van der Waals surface area contributed by atoms with Crippen molar-refractivity contribution in [2.24, 2.45) is 0 Å². The Morgan fingerprint density at radius 3 is 2.63 bits per heavy atom. The first-order chi connectivity index (χ1) is 9.15. The summed E-state index contributed by atoms with van der Waals surface area (Å²) in [6, 6.07) is 9.69. The fraction of sp³-hybridized carbons (Fsp3) is 0.250. The molecular formula is C16H16ClNO. The quantitative estimate of drug-likeness (QED) is 0.830. The summed E-state index contributed by atoms with van der Waals surface area (Å²) in [5.41, 5.74) is 3.16. The van der Waals surface area contributed by atoms with E-state index >= 15 is 0 Å². The predicted octanol–water partition coefficient (Wildman–Crippen LogP) is 3.79. The number of halogens is 1. The first-order valence-electron chi connectivity index (χ1n) is 6.31. The van der Waals surface area contributed by atoms with Crippen molar-refractivity contribution >= 4 is 17.4 Å². The van der Waals surface area contributed by atoms with Crippen molar-refractivity contribution in [3.63, 3.8) is 0 Å². The molecule has 2 rings (SSSR count). The summed E-state index contributed by atoms with van der Waals surface area (Å²) >= 11 is 6.13. The third-order valence-corrected chi connectivity index (χ3v) is 3.39. The SMILES string of the molecule is Cc1ccc(CC(=O)CCc2ccncc2)c(Cl)c1. The number of hydrogen-bond acceptors (Lipinski definition) is 2. The molecule has 2 aromatic rings. The highest BCUT2D eigenvalue weighted by Gasteiger charge is 2.07. The molecule has 0 N–H and O–H groups in total. The van der Waals surface area contributed by atoms with E-state index in [2.05, 4.69) is 4.98 Å². The van der Waals surface area contributed by atoms with E-state index in [0.29, 0.717) is 17.9 Å². The first kappa shape index (κ1) is 13.8. The molecule has 0 aliphatic heterocycles. The lowest BCUT2D eigenvalue weighted by Crippen LogP contribution is -2.05. The van der Waals surface area contributed by atoms with Crippen LogP contribution < -0.4 is 0 Å². The van der Waals surface area contributed by atoms with Crippen molar-refractivity contribution in [1.29, 1.82) is 0 Å². The smallest absolute Gasteiger partial charge is 0.137 e. The normalized spacial score (nSPS) is 10.4. The van der Waals surface area contributed by atoms with Gasteiger partial charge in [-0.15, -0.1) is 0 Å². The third kappa shape index (κ3) is 4.18. The van der Waals surface area contributed by atoms with Crippen molar-refractivity contribution in [1.82, 2.24) is 4.98 Å². The molecule has 0 saturated heterocycles. The van der Waals surface area contributed by atoms with Crippen LogP contribution in [-0.2, 0) is 17.6 Å². The van der Waals surface area contributed by atoms with Gasteiger partial charge in [0.2, 0.25) is 0 Å². The Hall–Kier alpha value is -1.67. The first-order valence-corrected chi connectivity index (χ1v) is 6.68. The van der Waals surface area contributed by atoms with Gasteiger partial charge >= 0.3 is 0 Å². The van der Waals surface area contributed by atoms with Gasteiger partial charge in [-0.05, 0) is 48.2 Å². The zero-order chi connectivity index (χ0) is 13.7. The second kappa shape index (κ2) is 6.48. The lowest BCUT2D eigenvalue weighted by atomic mass is 10.0. The molecule has 98 valence electrons. The highest BCUT2D eigenvalue weighted by molar-refractivity contribution is 6.31. The van der Waals surface area contributed by atoms with Gasteiger partial charge in [0.25, 0.3) is 0 Å². The van der Waals surface area contributed by atoms with Gasteiger partial charge in [-0.3, -0.25) is 9.78 Å². The van der Waals surface area contributed by atoms with E-state index in [0.717, 1.165) is 23.1 Å². The predicted molar refractivity (Wildman–Crippen MR) is 77.5 cm³/mol. The molecule has 0 amide bonds. The van der Waals surface area contributed by atoms with Crippen molar-refractivity contribution < 1.29 is 4.79 Å². The van der Waals surface area contributed by atoms with E-state index in [-0.39, 0.29) is 5.78 Å². The summed E-state index contributed by atoms with van der Waals surface area (Å²) in [5, 5.41) is 0.678. The number of nitrogens with zero attached hydrogens (tertiary/aromatic N) is 1. The summed E-state index contributed by atoms with van der Waals surface area (Å²) in [5.74, 6) is 0.211. The van der Waals surface area contributed by atoms with Crippen LogP contribution in [0.25, 0.3) is 0 Å². The fourth-order valence-electron chi connectivity index (χ4n) is 1.93. The molecule has 0 bridgehead atoms. The summed E-state index contributed by atoms with van der Waals surface area (Å²) in [6.07, 6.45) is 5.19. The second-order valence-electron chi connectivity index (χ2n) is 4.67. The lowest BCUT2D eigenvalue weighted by Gasteiger charge is -2.05. The van der Waals surface area contributed by atoms with Crippen LogP contribution >= 0.6 is 11.6 Å². The van der Waals surface area contributed by atoms with Gasteiger partial charge < -0.3 is 0 Å². The number of hydrogen-bond donors (Lipinski definition) is 0. The molecule has 1 aromatic carbocycles. The number of ketones is 1. The number of Topliss-reactive ketones (excluding diaryl/α,β-unsaturated/α-hetero) is 1. The van der Waals surface area contributed by atoms with Gasteiger partial charge in [0.05, 0.1) is 0 Å². The maximum Gasteiger partial charge on any atom is 0.137 e. The summed E-state index contributed by atoms with van der Waals surface area (Å²) in [4.78, 5) is 15.9. The zero-order valence-corrected chi connectivity index (χ0v) is 11.7. The Bertz CT molecular complexity index is 566. The van der Waals surface area contributed by atoms with Gasteiger partial charge in [0, 0.05) is 30.3 Å². The van der Waals surface area contributed by atoms with E-state index in [9.17, 15) is 4.79 Å². The molecule has 0 aliphatic carbocycles. The number of benzene rings is 1. The molecule has 0 aliphatic rings. The molecule has 0 unspecified atom stereocenters. The Labute approximate surface area is 118 Å². The summed E-state index contributed by atoms with van der Waals surface area (Å²) in [6.45, 7) is 1.99. The number of aromatic nitrogens is 1. The Morgan fingerprint density at radius 1 is 1.21 bits per heavy atom. The highest BCUT2D eigenvalue weighted by Crippen LogP contribution is 2.19. The molecule has 0 fully saturated rings. The Balaban J connectivity index is 1.91. The van der Waals surface area contributed by atoms with E-state index < -0.39 is 0 Å². The fourth-order valence-corrected chi connectivity index (χ4v) is 2.23. The number of pyridine rings is 1. The van der Waals surface area contributed by atoms with Crippen LogP contribution in [0.2, 0.25) is 5.02 Å². The minimum Gasteiger partial charge on any atom is -0.299 e. The topological polar surface area (TPSA) is 30.0 Å². The zero-order valence-electron chi connectivity index (χ0n) is 10.9. The van der Waals surface area contributed by atoms with Crippen LogP contribution in [0.15, 0.2) is 42.7 Å². The van der Waals surface area contributed by atoms with Gasteiger partial charge in [-0.2, -0.15) is 0 Å². The van der Waals surface area contributed by atoms with Crippen molar-refractivity contribution in [2.45, 2.75) is 26.2 Å². The number of carbonyl (C=O) groups is 1. The third-order valence-electron chi connectivity index (χ3n) is 3.04. The average Bonchev–Trinajstić information content (AvgIpc) is 2.41. The van der Waals surface area contributed by atoms with Crippen LogP contribution in [0.1, 0.15) is 23.1 Å². The molecule has 0 spiro atoms. The molecule has 0 saturated carbocycles.